The summed E-state index contributed by atoms with van der Waals surface area (Å²) in [6.45, 7) is 2.45. The molecule has 0 aliphatic heterocycles. The summed E-state index contributed by atoms with van der Waals surface area (Å²) in [5.41, 5.74) is -0.133. The van der Waals surface area contributed by atoms with Gasteiger partial charge in [-0.2, -0.15) is 0 Å². The molecule has 1 aromatic rings. The highest BCUT2D eigenvalue weighted by atomic mass is 16.5. The summed E-state index contributed by atoms with van der Waals surface area (Å²) in [4.78, 5) is 26.3. The molecule has 0 bridgehead atoms. The standard InChI is InChI=1S/C15H19NO3/c1-3-16(12-8-5-4-6-9-12)13(17)15(10-7-11-15)14(18)19-2/h4-6,8-9H,3,7,10-11H2,1-2H3. The fraction of sp³-hybridized carbons (Fsp3) is 0.467. The third kappa shape index (κ3) is 2.23. The molecule has 4 heteroatoms. The van der Waals surface area contributed by atoms with Crippen LogP contribution in [0.1, 0.15) is 26.2 Å². The van der Waals surface area contributed by atoms with Crippen molar-refractivity contribution in [3.05, 3.63) is 30.3 Å². The Hall–Kier alpha value is -1.84. The van der Waals surface area contributed by atoms with Gasteiger partial charge in [-0.05, 0) is 31.9 Å². The lowest BCUT2D eigenvalue weighted by Crippen LogP contribution is -2.53. The maximum atomic E-state index is 12.7. The number of nitrogens with zero attached hydrogens (tertiary/aromatic N) is 1. The summed E-state index contributed by atoms with van der Waals surface area (Å²) < 4.78 is 4.82. The number of anilines is 1. The average molecular weight is 261 g/mol. The molecule has 0 heterocycles. The molecule has 4 nitrogen and oxygen atoms in total. The molecule has 1 amide bonds. The van der Waals surface area contributed by atoms with Crippen molar-refractivity contribution >= 4 is 17.6 Å². The number of para-hydroxylation sites is 1. The Kier molecular flexibility index (Phi) is 3.88. The number of benzene rings is 1. The first-order valence-electron chi connectivity index (χ1n) is 6.61. The number of esters is 1. The monoisotopic (exact) mass is 261 g/mol. The maximum Gasteiger partial charge on any atom is 0.321 e. The Morgan fingerprint density at radius 2 is 1.89 bits per heavy atom. The molecule has 102 valence electrons. The van der Waals surface area contributed by atoms with Gasteiger partial charge in [0, 0.05) is 12.2 Å². The molecule has 1 aromatic carbocycles. The van der Waals surface area contributed by atoms with Crippen LogP contribution in [0.15, 0.2) is 30.3 Å². The minimum atomic E-state index is -0.958. The number of rotatable bonds is 4. The molecule has 0 aromatic heterocycles. The molecule has 1 aliphatic carbocycles. The van der Waals surface area contributed by atoms with E-state index in [4.69, 9.17) is 4.74 Å². The fourth-order valence-electron chi connectivity index (χ4n) is 2.54. The van der Waals surface area contributed by atoms with Crippen LogP contribution in [0.3, 0.4) is 0 Å². The molecule has 1 aliphatic rings. The molecule has 0 atom stereocenters. The highest BCUT2D eigenvalue weighted by molar-refractivity contribution is 6.10. The van der Waals surface area contributed by atoms with Gasteiger partial charge in [-0.1, -0.05) is 24.6 Å². The van der Waals surface area contributed by atoms with E-state index in [1.165, 1.54) is 7.11 Å². The second-order valence-corrected chi connectivity index (χ2v) is 4.81. The summed E-state index contributed by atoms with van der Waals surface area (Å²) in [5, 5.41) is 0. The van der Waals surface area contributed by atoms with Crippen molar-refractivity contribution in [3.8, 4) is 0 Å². The van der Waals surface area contributed by atoms with E-state index >= 15 is 0 Å². The first-order chi connectivity index (χ1) is 9.15. The van der Waals surface area contributed by atoms with Crippen LogP contribution in [-0.4, -0.2) is 25.5 Å². The van der Waals surface area contributed by atoms with Crippen molar-refractivity contribution in [2.75, 3.05) is 18.6 Å². The molecule has 1 saturated carbocycles. The van der Waals surface area contributed by atoms with Gasteiger partial charge in [-0.25, -0.2) is 0 Å². The second-order valence-electron chi connectivity index (χ2n) is 4.81. The van der Waals surface area contributed by atoms with E-state index in [9.17, 15) is 9.59 Å². The largest absolute Gasteiger partial charge is 0.468 e. The van der Waals surface area contributed by atoms with Crippen molar-refractivity contribution in [1.29, 1.82) is 0 Å². The minimum absolute atomic E-state index is 0.140. The molecule has 19 heavy (non-hydrogen) atoms. The average Bonchev–Trinajstić information content (AvgIpc) is 2.39. The predicted molar refractivity (Wildman–Crippen MR) is 72.8 cm³/mol. The summed E-state index contributed by atoms with van der Waals surface area (Å²) >= 11 is 0. The summed E-state index contributed by atoms with van der Waals surface area (Å²) in [6, 6.07) is 9.44. The van der Waals surface area contributed by atoms with Gasteiger partial charge in [0.15, 0.2) is 0 Å². The van der Waals surface area contributed by atoms with Gasteiger partial charge in [0.25, 0.3) is 0 Å². The highest BCUT2D eigenvalue weighted by Crippen LogP contribution is 2.44. The number of carbonyl (C=O) groups is 2. The SMILES string of the molecule is CCN(C(=O)C1(C(=O)OC)CCC1)c1ccccc1. The van der Waals surface area contributed by atoms with Crippen molar-refractivity contribution in [2.45, 2.75) is 26.2 Å². The van der Waals surface area contributed by atoms with E-state index in [0.29, 0.717) is 19.4 Å². The van der Waals surface area contributed by atoms with Crippen LogP contribution < -0.4 is 4.90 Å². The van der Waals surface area contributed by atoms with Crippen molar-refractivity contribution < 1.29 is 14.3 Å². The summed E-state index contributed by atoms with van der Waals surface area (Å²) in [7, 11) is 1.34. The van der Waals surface area contributed by atoms with Gasteiger partial charge in [0.2, 0.25) is 5.91 Å². The molecule has 1 fully saturated rings. The highest BCUT2D eigenvalue weighted by Gasteiger charge is 2.53. The normalized spacial score (nSPS) is 16.3. The Labute approximate surface area is 113 Å². The number of carbonyl (C=O) groups excluding carboxylic acids is 2. The first-order valence-corrected chi connectivity index (χ1v) is 6.61. The molecule has 0 saturated heterocycles. The molecule has 2 rings (SSSR count). The van der Waals surface area contributed by atoms with Gasteiger partial charge in [0.1, 0.15) is 5.41 Å². The quantitative estimate of drug-likeness (QED) is 0.617. The molecular weight excluding hydrogens is 242 g/mol. The van der Waals surface area contributed by atoms with Gasteiger partial charge in [0.05, 0.1) is 7.11 Å². The smallest absolute Gasteiger partial charge is 0.321 e. The number of ether oxygens (including phenoxy) is 1. The third-order valence-electron chi connectivity index (χ3n) is 3.82. The molecule has 0 spiro atoms. The molecule has 0 radical (unpaired) electrons. The topological polar surface area (TPSA) is 46.6 Å². The van der Waals surface area contributed by atoms with E-state index < -0.39 is 11.4 Å². The minimum Gasteiger partial charge on any atom is -0.468 e. The van der Waals surface area contributed by atoms with Gasteiger partial charge < -0.3 is 9.64 Å². The lowest BCUT2D eigenvalue weighted by atomic mass is 9.67. The lowest BCUT2D eigenvalue weighted by Gasteiger charge is -2.40. The maximum absolute atomic E-state index is 12.7. The number of amides is 1. The van der Waals surface area contributed by atoms with Crippen LogP contribution in [0.4, 0.5) is 5.69 Å². The van der Waals surface area contributed by atoms with Gasteiger partial charge in [-0.15, -0.1) is 0 Å². The Morgan fingerprint density at radius 3 is 2.32 bits per heavy atom. The number of methoxy groups -OCH3 is 1. The number of hydrogen-bond donors (Lipinski definition) is 0. The van der Waals surface area contributed by atoms with Crippen LogP contribution >= 0.6 is 0 Å². The first kappa shape index (κ1) is 13.6. The van der Waals surface area contributed by atoms with Crippen LogP contribution in [0.25, 0.3) is 0 Å². The zero-order valence-electron chi connectivity index (χ0n) is 11.4. The predicted octanol–water partition coefficient (Wildman–Crippen LogP) is 2.38. The van der Waals surface area contributed by atoms with E-state index in [-0.39, 0.29) is 5.91 Å². The van der Waals surface area contributed by atoms with Crippen molar-refractivity contribution in [3.63, 3.8) is 0 Å². The Balaban J connectivity index is 2.28. The fourth-order valence-corrected chi connectivity index (χ4v) is 2.54. The zero-order chi connectivity index (χ0) is 13.9. The molecular formula is C15H19NO3. The van der Waals surface area contributed by atoms with Crippen LogP contribution in [0.2, 0.25) is 0 Å². The van der Waals surface area contributed by atoms with Gasteiger partial charge >= 0.3 is 5.97 Å². The van der Waals surface area contributed by atoms with E-state index in [0.717, 1.165) is 12.1 Å². The Morgan fingerprint density at radius 1 is 1.26 bits per heavy atom. The van der Waals surface area contributed by atoms with E-state index in [1.807, 2.05) is 37.3 Å². The number of hydrogen-bond acceptors (Lipinski definition) is 3. The second kappa shape index (κ2) is 5.43. The summed E-state index contributed by atoms with van der Waals surface area (Å²) in [5.74, 6) is -0.544. The van der Waals surface area contributed by atoms with Crippen molar-refractivity contribution in [1.82, 2.24) is 0 Å². The van der Waals surface area contributed by atoms with E-state index in [2.05, 4.69) is 0 Å². The van der Waals surface area contributed by atoms with Crippen LogP contribution in [0, 0.1) is 5.41 Å². The zero-order valence-corrected chi connectivity index (χ0v) is 11.4. The van der Waals surface area contributed by atoms with Crippen LogP contribution in [-0.2, 0) is 14.3 Å². The van der Waals surface area contributed by atoms with E-state index in [1.54, 1.807) is 4.90 Å². The Bertz CT molecular complexity index is 466. The summed E-state index contributed by atoms with van der Waals surface area (Å²) in [6.07, 6.45) is 2.07. The van der Waals surface area contributed by atoms with Crippen LogP contribution in [0.5, 0.6) is 0 Å². The molecule has 0 unspecified atom stereocenters. The van der Waals surface area contributed by atoms with Crippen molar-refractivity contribution in [2.24, 2.45) is 5.41 Å². The third-order valence-corrected chi connectivity index (χ3v) is 3.82. The lowest BCUT2D eigenvalue weighted by molar-refractivity contribution is -0.164. The van der Waals surface area contributed by atoms with Gasteiger partial charge in [-0.3, -0.25) is 9.59 Å². The molecule has 0 N–H and O–H groups in total.